The van der Waals surface area contributed by atoms with Gasteiger partial charge in [-0.05, 0) is 30.2 Å². The van der Waals surface area contributed by atoms with Gasteiger partial charge < -0.3 is 10.3 Å². The maximum absolute atomic E-state index is 12.7. The average molecular weight is 368 g/mol. The van der Waals surface area contributed by atoms with E-state index in [9.17, 15) is 9.59 Å². The van der Waals surface area contributed by atoms with Crippen LogP contribution in [-0.4, -0.2) is 29.4 Å². The van der Waals surface area contributed by atoms with Crippen LogP contribution >= 0.6 is 11.6 Å². The highest BCUT2D eigenvalue weighted by Gasteiger charge is 2.39. The Balaban J connectivity index is 1.42. The molecule has 26 heavy (non-hydrogen) atoms. The monoisotopic (exact) mass is 367 g/mol. The van der Waals surface area contributed by atoms with Crippen molar-refractivity contribution in [3.05, 3.63) is 65.3 Å². The van der Waals surface area contributed by atoms with Crippen LogP contribution < -0.4 is 10.2 Å². The molecule has 5 nitrogen and oxygen atoms in total. The number of para-hydroxylation sites is 2. The van der Waals surface area contributed by atoms with Gasteiger partial charge in [-0.1, -0.05) is 41.9 Å². The Labute approximate surface area is 155 Å². The molecule has 2 N–H and O–H groups in total. The largest absolute Gasteiger partial charge is 0.361 e. The SMILES string of the molecule is O=C1C[C@@H](NCCc2c[nH]c3ccccc23)C(=O)N1c1ccccc1Cl. The molecule has 0 saturated carbocycles. The Kier molecular flexibility index (Phi) is 4.49. The second-order valence-electron chi connectivity index (χ2n) is 6.34. The summed E-state index contributed by atoms with van der Waals surface area (Å²) in [6, 6.07) is 14.5. The number of hydrogen-bond acceptors (Lipinski definition) is 3. The number of hydrogen-bond donors (Lipinski definition) is 2. The topological polar surface area (TPSA) is 65.2 Å². The van der Waals surface area contributed by atoms with Crippen LogP contribution in [0.2, 0.25) is 5.02 Å². The van der Waals surface area contributed by atoms with Crippen LogP contribution in [0.25, 0.3) is 10.9 Å². The zero-order valence-corrected chi connectivity index (χ0v) is 14.8. The first-order chi connectivity index (χ1) is 12.6. The van der Waals surface area contributed by atoms with Gasteiger partial charge in [0.1, 0.15) is 0 Å². The van der Waals surface area contributed by atoms with Gasteiger partial charge >= 0.3 is 0 Å². The van der Waals surface area contributed by atoms with Crippen molar-refractivity contribution in [1.29, 1.82) is 0 Å². The van der Waals surface area contributed by atoms with Crippen LogP contribution in [0.3, 0.4) is 0 Å². The van der Waals surface area contributed by atoms with Crippen molar-refractivity contribution < 1.29 is 9.59 Å². The van der Waals surface area contributed by atoms with Gasteiger partial charge in [-0.25, -0.2) is 4.90 Å². The van der Waals surface area contributed by atoms with Crippen LogP contribution in [0.5, 0.6) is 0 Å². The number of anilines is 1. The van der Waals surface area contributed by atoms with Crippen LogP contribution in [0, 0.1) is 0 Å². The summed E-state index contributed by atoms with van der Waals surface area (Å²) in [7, 11) is 0. The van der Waals surface area contributed by atoms with Crippen LogP contribution in [0.4, 0.5) is 5.69 Å². The third-order valence-corrected chi connectivity index (χ3v) is 5.02. The number of fused-ring (bicyclic) bond motifs is 1. The number of nitrogens with zero attached hydrogens (tertiary/aromatic N) is 1. The molecule has 2 amide bonds. The Morgan fingerprint density at radius 2 is 1.88 bits per heavy atom. The summed E-state index contributed by atoms with van der Waals surface area (Å²) >= 11 is 6.14. The third-order valence-electron chi connectivity index (χ3n) is 4.70. The summed E-state index contributed by atoms with van der Waals surface area (Å²) in [5, 5.41) is 4.79. The molecule has 1 fully saturated rings. The minimum atomic E-state index is -0.510. The molecule has 1 aromatic heterocycles. The Morgan fingerprint density at radius 3 is 2.73 bits per heavy atom. The van der Waals surface area contributed by atoms with E-state index in [1.165, 1.54) is 15.8 Å². The summed E-state index contributed by atoms with van der Waals surface area (Å²) in [6.07, 6.45) is 2.91. The van der Waals surface area contributed by atoms with Crippen LogP contribution in [0.15, 0.2) is 54.7 Å². The third kappa shape index (κ3) is 3.00. The number of carbonyl (C=O) groups is 2. The highest BCUT2D eigenvalue weighted by molar-refractivity contribution is 6.36. The molecule has 4 rings (SSSR count). The summed E-state index contributed by atoms with van der Waals surface area (Å²) in [6.45, 7) is 0.613. The summed E-state index contributed by atoms with van der Waals surface area (Å²) in [4.78, 5) is 29.4. The van der Waals surface area contributed by atoms with Gasteiger partial charge in [0.15, 0.2) is 0 Å². The number of aromatic amines is 1. The first-order valence-electron chi connectivity index (χ1n) is 8.55. The molecule has 1 atom stereocenters. The fourth-order valence-electron chi connectivity index (χ4n) is 3.40. The van der Waals surface area contributed by atoms with Crippen molar-refractivity contribution in [3.8, 4) is 0 Å². The fourth-order valence-corrected chi connectivity index (χ4v) is 3.62. The van der Waals surface area contributed by atoms with Crippen LogP contribution in [0.1, 0.15) is 12.0 Å². The van der Waals surface area contributed by atoms with Gasteiger partial charge in [0.05, 0.1) is 23.2 Å². The maximum atomic E-state index is 12.7. The average Bonchev–Trinajstić information content (AvgIpc) is 3.17. The lowest BCUT2D eigenvalue weighted by molar-refractivity contribution is -0.121. The molecule has 132 valence electrons. The normalized spacial score (nSPS) is 17.4. The Hall–Kier alpha value is -2.63. The van der Waals surface area contributed by atoms with E-state index >= 15 is 0 Å². The Bertz CT molecular complexity index is 982. The number of nitrogens with one attached hydrogen (secondary N) is 2. The number of benzene rings is 2. The number of rotatable bonds is 5. The zero-order chi connectivity index (χ0) is 18.1. The summed E-state index contributed by atoms with van der Waals surface area (Å²) in [5.74, 6) is -0.477. The number of aromatic nitrogens is 1. The maximum Gasteiger partial charge on any atom is 0.251 e. The lowest BCUT2D eigenvalue weighted by Gasteiger charge is -2.16. The predicted molar refractivity (Wildman–Crippen MR) is 102 cm³/mol. The minimum absolute atomic E-state index is 0.151. The van der Waals surface area contributed by atoms with Gasteiger partial charge in [-0.3, -0.25) is 9.59 Å². The number of amides is 2. The second kappa shape index (κ2) is 6.94. The number of carbonyl (C=O) groups excluding carboxylic acids is 2. The van der Waals surface area contributed by atoms with Crippen LogP contribution in [-0.2, 0) is 16.0 Å². The summed E-state index contributed by atoms with van der Waals surface area (Å²) in [5.41, 5.74) is 2.73. The second-order valence-corrected chi connectivity index (χ2v) is 6.75. The predicted octanol–water partition coefficient (Wildman–Crippen LogP) is 3.29. The molecule has 1 aliphatic rings. The molecule has 1 saturated heterocycles. The molecule has 0 unspecified atom stereocenters. The van der Waals surface area contributed by atoms with Crippen molar-refractivity contribution >= 4 is 40.0 Å². The smallest absolute Gasteiger partial charge is 0.251 e. The number of H-pyrrole nitrogens is 1. The first kappa shape index (κ1) is 16.8. The van der Waals surface area contributed by atoms with Crippen molar-refractivity contribution in [2.24, 2.45) is 0 Å². The molecule has 2 aromatic carbocycles. The molecular formula is C20H18ClN3O2. The van der Waals surface area contributed by atoms with Gasteiger partial charge in [0, 0.05) is 23.6 Å². The van der Waals surface area contributed by atoms with E-state index in [0.717, 1.165) is 11.9 Å². The summed E-state index contributed by atoms with van der Waals surface area (Å²) < 4.78 is 0. The van der Waals surface area contributed by atoms with E-state index in [1.807, 2.05) is 24.4 Å². The minimum Gasteiger partial charge on any atom is -0.361 e. The van der Waals surface area contributed by atoms with E-state index in [4.69, 9.17) is 11.6 Å². The Morgan fingerprint density at radius 1 is 1.12 bits per heavy atom. The fraction of sp³-hybridized carbons (Fsp3) is 0.200. The quantitative estimate of drug-likeness (QED) is 0.680. The van der Waals surface area contributed by atoms with Crippen molar-refractivity contribution in [2.45, 2.75) is 18.9 Å². The van der Waals surface area contributed by atoms with Gasteiger partial charge in [-0.15, -0.1) is 0 Å². The van der Waals surface area contributed by atoms with Crippen molar-refractivity contribution in [3.63, 3.8) is 0 Å². The molecule has 3 aromatic rings. The number of imide groups is 1. The molecule has 0 bridgehead atoms. The molecular weight excluding hydrogens is 350 g/mol. The highest BCUT2D eigenvalue weighted by Crippen LogP contribution is 2.29. The van der Waals surface area contributed by atoms with Gasteiger partial charge in [-0.2, -0.15) is 0 Å². The highest BCUT2D eigenvalue weighted by atomic mass is 35.5. The van der Waals surface area contributed by atoms with E-state index in [2.05, 4.69) is 16.4 Å². The molecule has 1 aliphatic heterocycles. The standard InChI is InChI=1S/C20H18ClN3O2/c21-15-6-2-4-8-18(15)24-19(25)11-17(20(24)26)22-10-9-13-12-23-16-7-3-1-5-14(13)16/h1-8,12,17,22-23H,9-11H2/t17-/m1/s1. The first-order valence-corrected chi connectivity index (χ1v) is 8.92. The van der Waals surface area contributed by atoms with E-state index in [1.54, 1.807) is 24.3 Å². The van der Waals surface area contributed by atoms with Crippen molar-refractivity contribution in [2.75, 3.05) is 11.4 Å². The molecule has 2 heterocycles. The lowest BCUT2D eigenvalue weighted by atomic mass is 10.1. The van der Waals surface area contributed by atoms with Gasteiger partial charge in [0.2, 0.25) is 5.91 Å². The van der Waals surface area contributed by atoms with Crippen molar-refractivity contribution in [1.82, 2.24) is 10.3 Å². The van der Waals surface area contributed by atoms with Gasteiger partial charge in [0.25, 0.3) is 5.91 Å². The van der Waals surface area contributed by atoms with E-state index < -0.39 is 6.04 Å². The molecule has 0 radical (unpaired) electrons. The van der Waals surface area contributed by atoms with E-state index in [0.29, 0.717) is 17.3 Å². The van der Waals surface area contributed by atoms with E-state index in [-0.39, 0.29) is 18.2 Å². The number of halogens is 1. The molecule has 0 aliphatic carbocycles. The molecule has 6 heteroatoms. The zero-order valence-electron chi connectivity index (χ0n) is 14.0. The lowest BCUT2D eigenvalue weighted by Crippen LogP contribution is -2.39. The molecule has 0 spiro atoms.